The first-order valence-electron chi connectivity index (χ1n) is 5.25. The normalized spacial score (nSPS) is 12.1. The summed E-state index contributed by atoms with van der Waals surface area (Å²) in [7, 11) is 0. The van der Waals surface area contributed by atoms with Crippen molar-refractivity contribution in [3.05, 3.63) is 18.3 Å². The average molecular weight is 239 g/mol. The lowest BCUT2D eigenvalue weighted by Crippen LogP contribution is -2.33. The molecule has 5 heteroatoms. The van der Waals surface area contributed by atoms with Crippen LogP contribution in [0.1, 0.15) is 20.3 Å². The van der Waals surface area contributed by atoms with Gasteiger partial charge in [0.2, 0.25) is 5.91 Å². The van der Waals surface area contributed by atoms with E-state index < -0.39 is 0 Å². The number of rotatable bonds is 5. The summed E-state index contributed by atoms with van der Waals surface area (Å²) >= 11 is 1.46. The Morgan fingerprint density at radius 3 is 2.94 bits per heavy atom. The first kappa shape index (κ1) is 12.8. The maximum absolute atomic E-state index is 11.5. The minimum absolute atomic E-state index is 0.0520. The number of hydrogen-bond acceptors (Lipinski definition) is 4. The molecule has 1 rings (SSSR count). The van der Waals surface area contributed by atoms with Crippen LogP contribution in [-0.4, -0.2) is 22.7 Å². The van der Waals surface area contributed by atoms with Gasteiger partial charge in [0, 0.05) is 17.1 Å². The fraction of sp³-hybridized carbons (Fsp3) is 0.455. The van der Waals surface area contributed by atoms with E-state index in [-0.39, 0.29) is 11.9 Å². The Labute approximate surface area is 100 Å². The number of nitrogens with zero attached hydrogens (tertiary/aromatic N) is 1. The molecule has 3 N–H and O–H groups in total. The first-order chi connectivity index (χ1) is 7.61. The van der Waals surface area contributed by atoms with Crippen LogP contribution < -0.4 is 11.1 Å². The molecule has 1 atom stereocenters. The number of amides is 1. The van der Waals surface area contributed by atoms with E-state index in [1.807, 2.05) is 19.9 Å². The molecule has 0 aliphatic heterocycles. The molecule has 0 spiro atoms. The van der Waals surface area contributed by atoms with Gasteiger partial charge >= 0.3 is 0 Å². The van der Waals surface area contributed by atoms with Gasteiger partial charge in [-0.3, -0.25) is 4.79 Å². The molecule has 0 radical (unpaired) electrons. The van der Waals surface area contributed by atoms with Crippen LogP contribution in [0.25, 0.3) is 0 Å². The molecule has 1 amide bonds. The van der Waals surface area contributed by atoms with Gasteiger partial charge in [0.1, 0.15) is 5.82 Å². The van der Waals surface area contributed by atoms with Gasteiger partial charge in [-0.25, -0.2) is 4.98 Å². The van der Waals surface area contributed by atoms with Gasteiger partial charge in [0.05, 0.1) is 5.75 Å². The zero-order chi connectivity index (χ0) is 12.0. The maximum atomic E-state index is 11.5. The summed E-state index contributed by atoms with van der Waals surface area (Å²) in [5.41, 5.74) is 5.47. The van der Waals surface area contributed by atoms with Crippen LogP contribution in [0.15, 0.2) is 23.2 Å². The fourth-order valence-corrected chi connectivity index (χ4v) is 1.72. The molecule has 1 aromatic rings. The summed E-state index contributed by atoms with van der Waals surface area (Å²) in [6, 6.07) is 3.83. The number of carbonyl (C=O) groups is 1. The van der Waals surface area contributed by atoms with E-state index >= 15 is 0 Å². The third-order valence-electron chi connectivity index (χ3n) is 2.15. The van der Waals surface area contributed by atoms with Gasteiger partial charge in [-0.15, -0.1) is 11.8 Å². The molecule has 0 fully saturated rings. The summed E-state index contributed by atoms with van der Waals surface area (Å²) in [5, 5.41) is 2.91. The van der Waals surface area contributed by atoms with Crippen molar-refractivity contribution < 1.29 is 4.79 Å². The van der Waals surface area contributed by atoms with E-state index in [9.17, 15) is 4.79 Å². The van der Waals surface area contributed by atoms with Crippen molar-refractivity contribution in [2.45, 2.75) is 31.2 Å². The average Bonchev–Trinajstić information content (AvgIpc) is 2.28. The molecule has 1 aromatic heterocycles. The Hall–Kier alpha value is -1.23. The van der Waals surface area contributed by atoms with Crippen molar-refractivity contribution in [2.75, 3.05) is 11.5 Å². The summed E-state index contributed by atoms with van der Waals surface area (Å²) in [6.45, 7) is 4.04. The first-order valence-corrected chi connectivity index (χ1v) is 6.24. The number of pyridine rings is 1. The predicted octanol–water partition coefficient (Wildman–Crippen LogP) is 1.67. The third kappa shape index (κ3) is 4.53. The van der Waals surface area contributed by atoms with Crippen LogP contribution in [0.4, 0.5) is 5.82 Å². The lowest BCUT2D eigenvalue weighted by Gasteiger charge is -2.10. The van der Waals surface area contributed by atoms with Crippen molar-refractivity contribution in [1.82, 2.24) is 10.3 Å². The summed E-state index contributed by atoms with van der Waals surface area (Å²) in [5.74, 6) is 0.959. The highest BCUT2D eigenvalue weighted by molar-refractivity contribution is 8.00. The van der Waals surface area contributed by atoms with Crippen molar-refractivity contribution in [3.8, 4) is 0 Å². The number of nitrogen functional groups attached to an aromatic ring is 1. The molecule has 88 valence electrons. The number of nitrogens with one attached hydrogen (secondary N) is 1. The lowest BCUT2D eigenvalue weighted by molar-refractivity contribution is -0.119. The molecule has 1 heterocycles. The number of hydrogen-bond donors (Lipinski definition) is 2. The van der Waals surface area contributed by atoms with E-state index in [2.05, 4.69) is 10.3 Å². The number of thioether (sulfide) groups is 1. The minimum atomic E-state index is 0.0520. The summed E-state index contributed by atoms with van der Waals surface area (Å²) in [6.07, 6.45) is 2.62. The Morgan fingerprint density at radius 2 is 2.38 bits per heavy atom. The van der Waals surface area contributed by atoms with Crippen molar-refractivity contribution in [2.24, 2.45) is 0 Å². The van der Waals surface area contributed by atoms with Gasteiger partial charge in [-0.1, -0.05) is 6.92 Å². The zero-order valence-corrected chi connectivity index (χ0v) is 10.4. The standard InChI is InChI=1S/C11H17N3OS/c1-3-8(2)14-11(15)7-16-9-4-5-10(12)13-6-9/h4-6,8H,3,7H2,1-2H3,(H2,12,13)(H,14,15). The fourth-order valence-electron chi connectivity index (χ4n) is 1.04. The van der Waals surface area contributed by atoms with Crippen LogP contribution in [0.2, 0.25) is 0 Å². The molecule has 1 unspecified atom stereocenters. The molecule has 0 saturated heterocycles. The van der Waals surface area contributed by atoms with Crippen molar-refractivity contribution in [3.63, 3.8) is 0 Å². The van der Waals surface area contributed by atoms with Crippen LogP contribution in [0, 0.1) is 0 Å². The van der Waals surface area contributed by atoms with Gasteiger partial charge in [0.15, 0.2) is 0 Å². The number of nitrogens with two attached hydrogens (primary N) is 1. The molecule has 16 heavy (non-hydrogen) atoms. The number of anilines is 1. The maximum Gasteiger partial charge on any atom is 0.230 e. The second-order valence-corrected chi connectivity index (χ2v) is 4.63. The van der Waals surface area contributed by atoms with E-state index in [0.717, 1.165) is 11.3 Å². The van der Waals surface area contributed by atoms with Crippen LogP contribution in [0.5, 0.6) is 0 Å². The van der Waals surface area contributed by atoms with Crippen LogP contribution in [0.3, 0.4) is 0 Å². The molecular weight excluding hydrogens is 222 g/mol. The highest BCUT2D eigenvalue weighted by atomic mass is 32.2. The molecule has 0 saturated carbocycles. The molecule has 0 bridgehead atoms. The van der Waals surface area contributed by atoms with Crippen molar-refractivity contribution in [1.29, 1.82) is 0 Å². The van der Waals surface area contributed by atoms with Crippen LogP contribution in [-0.2, 0) is 4.79 Å². The van der Waals surface area contributed by atoms with Crippen LogP contribution >= 0.6 is 11.8 Å². The molecule has 0 aliphatic rings. The monoisotopic (exact) mass is 239 g/mol. The van der Waals surface area contributed by atoms with Gasteiger partial charge in [0.25, 0.3) is 0 Å². The molecule has 0 aromatic carbocycles. The Kier molecular flexibility index (Phi) is 5.11. The largest absolute Gasteiger partial charge is 0.384 e. The van der Waals surface area contributed by atoms with Gasteiger partial charge in [-0.05, 0) is 25.5 Å². The topological polar surface area (TPSA) is 68.0 Å². The second-order valence-electron chi connectivity index (χ2n) is 3.58. The van der Waals surface area contributed by atoms with Crippen molar-refractivity contribution >= 4 is 23.5 Å². The Morgan fingerprint density at radius 1 is 1.62 bits per heavy atom. The molecule has 0 aliphatic carbocycles. The molecule has 4 nitrogen and oxygen atoms in total. The highest BCUT2D eigenvalue weighted by Gasteiger charge is 2.05. The van der Waals surface area contributed by atoms with E-state index in [4.69, 9.17) is 5.73 Å². The highest BCUT2D eigenvalue weighted by Crippen LogP contribution is 2.16. The SMILES string of the molecule is CCC(C)NC(=O)CSc1ccc(N)nc1. The predicted molar refractivity (Wildman–Crippen MR) is 67.3 cm³/mol. The van der Waals surface area contributed by atoms with E-state index in [0.29, 0.717) is 11.6 Å². The molecular formula is C11H17N3OS. The number of aromatic nitrogens is 1. The third-order valence-corrected chi connectivity index (χ3v) is 3.13. The smallest absolute Gasteiger partial charge is 0.230 e. The Bertz CT molecular complexity index is 340. The quantitative estimate of drug-likeness (QED) is 0.767. The minimum Gasteiger partial charge on any atom is -0.384 e. The summed E-state index contributed by atoms with van der Waals surface area (Å²) < 4.78 is 0. The van der Waals surface area contributed by atoms with Gasteiger partial charge in [-0.2, -0.15) is 0 Å². The second kappa shape index (κ2) is 6.37. The lowest BCUT2D eigenvalue weighted by atomic mass is 10.3. The Balaban J connectivity index is 2.34. The van der Waals surface area contributed by atoms with E-state index in [1.165, 1.54) is 11.8 Å². The van der Waals surface area contributed by atoms with E-state index in [1.54, 1.807) is 12.3 Å². The van der Waals surface area contributed by atoms with Gasteiger partial charge < -0.3 is 11.1 Å². The number of carbonyl (C=O) groups excluding carboxylic acids is 1. The summed E-state index contributed by atoms with van der Waals surface area (Å²) in [4.78, 5) is 16.4. The zero-order valence-electron chi connectivity index (χ0n) is 9.56.